The number of amides is 2. The fourth-order valence-electron chi connectivity index (χ4n) is 3.76. The van der Waals surface area contributed by atoms with Crippen LogP contribution in [0.5, 0.6) is 11.5 Å². The Kier molecular flexibility index (Phi) is 4.48. The smallest absolute Gasteiger partial charge is 0.243 e. The van der Waals surface area contributed by atoms with Crippen molar-refractivity contribution in [3.63, 3.8) is 0 Å². The first-order chi connectivity index (χ1) is 12.2. The second-order valence-electron chi connectivity index (χ2n) is 6.74. The zero-order valence-corrected chi connectivity index (χ0v) is 14.1. The van der Waals surface area contributed by atoms with E-state index in [4.69, 9.17) is 9.47 Å². The van der Waals surface area contributed by atoms with Crippen LogP contribution in [0.15, 0.2) is 18.2 Å². The quantitative estimate of drug-likeness (QED) is 0.843. The standard InChI is InChI=1S/C18H23N3O4/c22-17(20-10-12-5-6-15-16(9-12)25-11-24-15)14-4-2-8-21(14)18(23)13-3-1-7-19-13/h5-6,9,13-14,19H,1-4,7-8,10-11H2,(H,20,22). The number of ether oxygens (including phenoxy) is 2. The van der Waals surface area contributed by atoms with E-state index >= 15 is 0 Å². The van der Waals surface area contributed by atoms with Crippen molar-refractivity contribution in [2.24, 2.45) is 0 Å². The second kappa shape index (κ2) is 6.92. The summed E-state index contributed by atoms with van der Waals surface area (Å²) in [6.07, 6.45) is 3.48. The Morgan fingerprint density at radius 2 is 2.08 bits per heavy atom. The van der Waals surface area contributed by atoms with E-state index in [1.807, 2.05) is 18.2 Å². The average molecular weight is 345 g/mol. The number of hydrogen-bond donors (Lipinski definition) is 2. The van der Waals surface area contributed by atoms with Crippen LogP contribution < -0.4 is 20.1 Å². The summed E-state index contributed by atoms with van der Waals surface area (Å²) < 4.78 is 10.6. The van der Waals surface area contributed by atoms with E-state index in [0.717, 1.165) is 43.5 Å². The topological polar surface area (TPSA) is 79.9 Å². The molecule has 2 amide bonds. The van der Waals surface area contributed by atoms with Crippen LogP contribution in [-0.2, 0) is 16.1 Å². The van der Waals surface area contributed by atoms with Gasteiger partial charge in [-0.15, -0.1) is 0 Å². The van der Waals surface area contributed by atoms with Crippen molar-refractivity contribution in [1.82, 2.24) is 15.5 Å². The molecule has 25 heavy (non-hydrogen) atoms. The average Bonchev–Trinajstić information content (AvgIpc) is 3.39. The van der Waals surface area contributed by atoms with Crippen LogP contribution in [0, 0.1) is 0 Å². The highest BCUT2D eigenvalue weighted by atomic mass is 16.7. The van der Waals surface area contributed by atoms with Crippen molar-refractivity contribution < 1.29 is 19.1 Å². The molecule has 7 heteroatoms. The minimum atomic E-state index is -0.357. The number of nitrogens with one attached hydrogen (secondary N) is 2. The fraction of sp³-hybridized carbons (Fsp3) is 0.556. The highest BCUT2D eigenvalue weighted by molar-refractivity contribution is 5.90. The maximum absolute atomic E-state index is 12.6. The van der Waals surface area contributed by atoms with Gasteiger partial charge in [-0.3, -0.25) is 9.59 Å². The van der Waals surface area contributed by atoms with Gasteiger partial charge in [-0.05, 0) is 49.9 Å². The summed E-state index contributed by atoms with van der Waals surface area (Å²) in [6, 6.07) is 5.16. The lowest BCUT2D eigenvalue weighted by Gasteiger charge is -2.26. The number of carbonyl (C=O) groups excluding carboxylic acids is 2. The van der Waals surface area contributed by atoms with Gasteiger partial charge in [-0.2, -0.15) is 0 Å². The Bertz CT molecular complexity index is 672. The number of carbonyl (C=O) groups is 2. The van der Waals surface area contributed by atoms with Gasteiger partial charge in [-0.1, -0.05) is 6.07 Å². The first-order valence-electron chi connectivity index (χ1n) is 8.92. The van der Waals surface area contributed by atoms with E-state index in [1.54, 1.807) is 4.90 Å². The predicted molar refractivity (Wildman–Crippen MR) is 90.2 cm³/mol. The largest absolute Gasteiger partial charge is 0.454 e. The lowest BCUT2D eigenvalue weighted by Crippen LogP contribution is -2.50. The van der Waals surface area contributed by atoms with Crippen LogP contribution >= 0.6 is 0 Å². The molecule has 0 bridgehead atoms. The molecule has 2 saturated heterocycles. The summed E-state index contributed by atoms with van der Waals surface area (Å²) >= 11 is 0. The van der Waals surface area contributed by atoms with Gasteiger partial charge in [0.15, 0.2) is 11.5 Å². The molecular weight excluding hydrogens is 322 g/mol. The number of likely N-dealkylation sites (tertiary alicyclic amines) is 1. The van der Waals surface area contributed by atoms with Crippen molar-refractivity contribution in [2.75, 3.05) is 19.9 Å². The van der Waals surface area contributed by atoms with Crippen LogP contribution in [0.1, 0.15) is 31.2 Å². The van der Waals surface area contributed by atoms with Gasteiger partial charge < -0.3 is 25.0 Å². The lowest BCUT2D eigenvalue weighted by atomic mass is 10.1. The molecule has 2 unspecified atom stereocenters. The summed E-state index contributed by atoms with van der Waals surface area (Å²) in [5.41, 5.74) is 0.950. The SMILES string of the molecule is O=C(NCc1ccc2c(c1)OCO2)C1CCCN1C(=O)C1CCCN1. The third-order valence-corrected chi connectivity index (χ3v) is 5.10. The molecule has 4 rings (SSSR count). The molecule has 0 radical (unpaired) electrons. The van der Waals surface area contributed by atoms with E-state index in [9.17, 15) is 9.59 Å². The number of rotatable bonds is 4. The van der Waals surface area contributed by atoms with Gasteiger partial charge in [0.2, 0.25) is 18.6 Å². The molecule has 1 aromatic rings. The number of hydrogen-bond acceptors (Lipinski definition) is 5. The van der Waals surface area contributed by atoms with Crippen LogP contribution in [0.25, 0.3) is 0 Å². The van der Waals surface area contributed by atoms with Crippen LogP contribution in [0.4, 0.5) is 0 Å². The van der Waals surface area contributed by atoms with Gasteiger partial charge in [0.05, 0.1) is 6.04 Å². The van der Waals surface area contributed by atoms with Gasteiger partial charge in [-0.25, -0.2) is 0 Å². The minimum absolute atomic E-state index is 0.0678. The third kappa shape index (κ3) is 3.28. The van der Waals surface area contributed by atoms with Gasteiger partial charge in [0, 0.05) is 13.1 Å². The fourth-order valence-corrected chi connectivity index (χ4v) is 3.76. The predicted octanol–water partition coefficient (Wildman–Crippen LogP) is 0.774. The van der Waals surface area contributed by atoms with Crippen molar-refractivity contribution in [3.8, 4) is 11.5 Å². The Labute approximate surface area is 146 Å². The Hall–Kier alpha value is -2.28. The molecule has 0 aliphatic carbocycles. The van der Waals surface area contributed by atoms with Crippen LogP contribution in [0.3, 0.4) is 0 Å². The first-order valence-corrected chi connectivity index (χ1v) is 8.92. The second-order valence-corrected chi connectivity index (χ2v) is 6.74. The molecule has 2 N–H and O–H groups in total. The summed E-state index contributed by atoms with van der Waals surface area (Å²) in [6.45, 7) is 2.19. The van der Waals surface area contributed by atoms with Crippen LogP contribution in [-0.4, -0.2) is 48.7 Å². The molecule has 7 nitrogen and oxygen atoms in total. The first kappa shape index (κ1) is 16.2. The summed E-state index contributed by atoms with van der Waals surface area (Å²) in [4.78, 5) is 27.0. The molecular formula is C18H23N3O4. The highest BCUT2D eigenvalue weighted by Crippen LogP contribution is 2.32. The molecule has 3 heterocycles. The van der Waals surface area contributed by atoms with Crippen molar-refractivity contribution in [2.45, 2.75) is 44.3 Å². The van der Waals surface area contributed by atoms with Crippen molar-refractivity contribution >= 4 is 11.8 Å². The summed E-state index contributed by atoms with van der Waals surface area (Å²) in [7, 11) is 0. The molecule has 3 aliphatic rings. The molecule has 3 aliphatic heterocycles. The maximum atomic E-state index is 12.6. The van der Waals surface area contributed by atoms with Gasteiger partial charge in [0.25, 0.3) is 0 Å². The van der Waals surface area contributed by atoms with Gasteiger partial charge in [0.1, 0.15) is 6.04 Å². The van der Waals surface area contributed by atoms with Crippen LogP contribution in [0.2, 0.25) is 0 Å². The lowest BCUT2D eigenvalue weighted by molar-refractivity contribution is -0.139. The molecule has 2 fully saturated rings. The van der Waals surface area contributed by atoms with E-state index in [2.05, 4.69) is 10.6 Å². The molecule has 1 aromatic carbocycles. The Balaban J connectivity index is 1.36. The normalized spacial score (nSPS) is 24.6. The molecule has 2 atom stereocenters. The minimum Gasteiger partial charge on any atom is -0.454 e. The molecule has 134 valence electrons. The zero-order valence-electron chi connectivity index (χ0n) is 14.1. The van der Waals surface area contributed by atoms with Crippen molar-refractivity contribution in [1.29, 1.82) is 0 Å². The van der Waals surface area contributed by atoms with E-state index in [0.29, 0.717) is 18.8 Å². The van der Waals surface area contributed by atoms with Gasteiger partial charge >= 0.3 is 0 Å². The summed E-state index contributed by atoms with van der Waals surface area (Å²) in [5, 5.41) is 6.18. The summed E-state index contributed by atoms with van der Waals surface area (Å²) in [5.74, 6) is 1.42. The van der Waals surface area contributed by atoms with E-state index < -0.39 is 0 Å². The Morgan fingerprint density at radius 1 is 1.20 bits per heavy atom. The number of fused-ring (bicyclic) bond motifs is 1. The van der Waals surface area contributed by atoms with E-state index in [-0.39, 0.29) is 30.7 Å². The molecule has 0 aromatic heterocycles. The Morgan fingerprint density at radius 3 is 2.92 bits per heavy atom. The zero-order chi connectivity index (χ0) is 17.2. The third-order valence-electron chi connectivity index (χ3n) is 5.10. The monoisotopic (exact) mass is 345 g/mol. The van der Waals surface area contributed by atoms with Crippen molar-refractivity contribution in [3.05, 3.63) is 23.8 Å². The highest BCUT2D eigenvalue weighted by Gasteiger charge is 2.37. The maximum Gasteiger partial charge on any atom is 0.243 e. The molecule has 0 spiro atoms. The molecule has 0 saturated carbocycles. The number of benzene rings is 1. The van der Waals surface area contributed by atoms with E-state index in [1.165, 1.54) is 0 Å². The number of nitrogens with zero attached hydrogens (tertiary/aromatic N) is 1.